The van der Waals surface area contributed by atoms with E-state index in [-0.39, 0.29) is 11.7 Å². The minimum atomic E-state index is -0.297. The standard InChI is InChI=1S/C13H12FN3O/c14-10-2-4-11(5-3-10)17-9-15-8-12(17)13(18)16-6-1-7-16/h2-5,8-9H,1,6-7H2. The first-order chi connectivity index (χ1) is 8.75. The molecule has 18 heavy (non-hydrogen) atoms. The maximum absolute atomic E-state index is 12.9. The van der Waals surface area contributed by atoms with Crippen molar-refractivity contribution < 1.29 is 9.18 Å². The lowest BCUT2D eigenvalue weighted by Gasteiger charge is -2.30. The van der Waals surface area contributed by atoms with Crippen LogP contribution >= 0.6 is 0 Å². The maximum Gasteiger partial charge on any atom is 0.272 e. The second-order valence-corrected chi connectivity index (χ2v) is 4.27. The van der Waals surface area contributed by atoms with E-state index in [2.05, 4.69) is 4.98 Å². The Morgan fingerprint density at radius 3 is 2.56 bits per heavy atom. The van der Waals surface area contributed by atoms with Crippen molar-refractivity contribution in [3.8, 4) is 5.69 Å². The Morgan fingerprint density at radius 2 is 1.94 bits per heavy atom. The van der Waals surface area contributed by atoms with E-state index < -0.39 is 0 Å². The molecule has 0 N–H and O–H groups in total. The number of likely N-dealkylation sites (tertiary alicyclic amines) is 1. The zero-order valence-corrected chi connectivity index (χ0v) is 9.71. The van der Waals surface area contributed by atoms with Crippen LogP contribution in [-0.2, 0) is 0 Å². The van der Waals surface area contributed by atoms with Gasteiger partial charge in [0.2, 0.25) is 0 Å². The van der Waals surface area contributed by atoms with E-state index in [1.54, 1.807) is 34.1 Å². The summed E-state index contributed by atoms with van der Waals surface area (Å²) in [4.78, 5) is 17.9. The number of hydrogen-bond acceptors (Lipinski definition) is 2. The summed E-state index contributed by atoms with van der Waals surface area (Å²) in [6.45, 7) is 1.60. The number of halogens is 1. The molecule has 1 amide bonds. The summed E-state index contributed by atoms with van der Waals surface area (Å²) in [6.07, 6.45) is 4.17. The third kappa shape index (κ3) is 1.77. The Morgan fingerprint density at radius 1 is 1.22 bits per heavy atom. The van der Waals surface area contributed by atoms with Gasteiger partial charge in [-0.05, 0) is 30.7 Å². The summed E-state index contributed by atoms with van der Waals surface area (Å²) < 4.78 is 14.6. The molecule has 1 aliphatic rings. The van der Waals surface area contributed by atoms with Crippen molar-refractivity contribution in [3.05, 3.63) is 48.3 Å². The van der Waals surface area contributed by atoms with Crippen molar-refractivity contribution in [2.24, 2.45) is 0 Å². The number of amides is 1. The fourth-order valence-corrected chi connectivity index (χ4v) is 1.94. The fraction of sp³-hybridized carbons (Fsp3) is 0.231. The Kier molecular flexibility index (Phi) is 2.59. The number of imidazole rings is 1. The maximum atomic E-state index is 12.9. The number of hydrogen-bond donors (Lipinski definition) is 0. The third-order valence-corrected chi connectivity index (χ3v) is 3.11. The molecule has 3 rings (SSSR count). The van der Waals surface area contributed by atoms with Crippen LogP contribution in [0.3, 0.4) is 0 Å². The summed E-state index contributed by atoms with van der Waals surface area (Å²) >= 11 is 0. The van der Waals surface area contributed by atoms with Gasteiger partial charge in [-0.3, -0.25) is 9.36 Å². The van der Waals surface area contributed by atoms with Crippen LogP contribution in [0, 0.1) is 5.82 Å². The van der Waals surface area contributed by atoms with Gasteiger partial charge in [0.1, 0.15) is 11.5 Å². The van der Waals surface area contributed by atoms with Crippen LogP contribution in [0.1, 0.15) is 16.9 Å². The summed E-state index contributed by atoms with van der Waals surface area (Å²) in [7, 11) is 0. The van der Waals surface area contributed by atoms with Gasteiger partial charge >= 0.3 is 0 Å². The highest BCUT2D eigenvalue weighted by molar-refractivity contribution is 5.93. The van der Waals surface area contributed by atoms with Crippen LogP contribution in [0.4, 0.5) is 4.39 Å². The van der Waals surface area contributed by atoms with E-state index in [0.717, 1.165) is 25.2 Å². The Labute approximate surface area is 104 Å². The first-order valence-corrected chi connectivity index (χ1v) is 5.83. The lowest BCUT2D eigenvalue weighted by atomic mass is 10.2. The molecule has 0 saturated carbocycles. The van der Waals surface area contributed by atoms with Crippen LogP contribution in [0.25, 0.3) is 5.69 Å². The minimum Gasteiger partial charge on any atom is -0.337 e. The predicted molar refractivity (Wildman–Crippen MR) is 64.0 cm³/mol. The van der Waals surface area contributed by atoms with Gasteiger partial charge in [0.05, 0.1) is 12.5 Å². The zero-order chi connectivity index (χ0) is 12.5. The van der Waals surface area contributed by atoms with Crippen molar-refractivity contribution >= 4 is 5.91 Å². The van der Waals surface area contributed by atoms with Crippen LogP contribution in [-0.4, -0.2) is 33.4 Å². The summed E-state index contributed by atoms with van der Waals surface area (Å²) in [5, 5.41) is 0. The largest absolute Gasteiger partial charge is 0.337 e. The molecule has 1 aromatic carbocycles. The molecule has 2 aromatic rings. The third-order valence-electron chi connectivity index (χ3n) is 3.11. The van der Waals surface area contributed by atoms with Crippen LogP contribution in [0.5, 0.6) is 0 Å². The van der Waals surface area contributed by atoms with Crippen molar-refractivity contribution in [2.45, 2.75) is 6.42 Å². The van der Waals surface area contributed by atoms with Gasteiger partial charge in [0.15, 0.2) is 0 Å². The average molecular weight is 245 g/mol. The van der Waals surface area contributed by atoms with Gasteiger partial charge in [-0.15, -0.1) is 0 Å². The molecule has 4 nitrogen and oxygen atoms in total. The molecular formula is C13H12FN3O. The monoisotopic (exact) mass is 245 g/mol. The molecule has 0 radical (unpaired) electrons. The lowest BCUT2D eigenvalue weighted by molar-refractivity contribution is 0.0643. The van der Waals surface area contributed by atoms with E-state index >= 15 is 0 Å². The van der Waals surface area contributed by atoms with Crippen molar-refractivity contribution in [1.82, 2.24) is 14.5 Å². The van der Waals surface area contributed by atoms with Gasteiger partial charge in [-0.1, -0.05) is 0 Å². The topological polar surface area (TPSA) is 38.1 Å². The Bertz CT molecular complexity index is 572. The van der Waals surface area contributed by atoms with E-state index in [1.165, 1.54) is 12.1 Å². The second kappa shape index (κ2) is 4.25. The van der Waals surface area contributed by atoms with Crippen molar-refractivity contribution in [3.63, 3.8) is 0 Å². The number of carbonyl (C=O) groups is 1. The molecule has 1 fully saturated rings. The number of benzene rings is 1. The van der Waals surface area contributed by atoms with Gasteiger partial charge in [-0.25, -0.2) is 9.37 Å². The molecule has 1 aliphatic heterocycles. The first kappa shape index (κ1) is 11.0. The number of carbonyl (C=O) groups excluding carboxylic acids is 1. The molecule has 1 aromatic heterocycles. The predicted octanol–water partition coefficient (Wildman–Crippen LogP) is 1.86. The summed E-state index contributed by atoms with van der Waals surface area (Å²) in [6, 6.07) is 5.99. The first-order valence-electron chi connectivity index (χ1n) is 5.83. The van der Waals surface area contributed by atoms with Crippen molar-refractivity contribution in [2.75, 3.05) is 13.1 Å². The van der Waals surface area contributed by atoms with E-state index in [0.29, 0.717) is 5.69 Å². The van der Waals surface area contributed by atoms with E-state index in [1.807, 2.05) is 0 Å². The molecule has 2 heterocycles. The van der Waals surface area contributed by atoms with Gasteiger partial charge < -0.3 is 4.90 Å². The highest BCUT2D eigenvalue weighted by atomic mass is 19.1. The molecule has 92 valence electrons. The smallest absolute Gasteiger partial charge is 0.272 e. The molecule has 0 bridgehead atoms. The van der Waals surface area contributed by atoms with Gasteiger partial charge in [-0.2, -0.15) is 0 Å². The fourth-order valence-electron chi connectivity index (χ4n) is 1.94. The van der Waals surface area contributed by atoms with E-state index in [9.17, 15) is 9.18 Å². The molecule has 1 saturated heterocycles. The van der Waals surface area contributed by atoms with Gasteiger partial charge in [0, 0.05) is 18.8 Å². The molecule has 0 spiro atoms. The Hall–Kier alpha value is -2.17. The average Bonchev–Trinajstić information content (AvgIpc) is 2.76. The van der Waals surface area contributed by atoms with Gasteiger partial charge in [0.25, 0.3) is 5.91 Å². The number of aromatic nitrogens is 2. The lowest BCUT2D eigenvalue weighted by Crippen LogP contribution is -2.42. The van der Waals surface area contributed by atoms with Crippen LogP contribution < -0.4 is 0 Å². The quantitative estimate of drug-likeness (QED) is 0.810. The Balaban J connectivity index is 1.95. The van der Waals surface area contributed by atoms with E-state index in [4.69, 9.17) is 0 Å². The van der Waals surface area contributed by atoms with Crippen LogP contribution in [0.15, 0.2) is 36.8 Å². The molecule has 0 atom stereocenters. The molecule has 0 unspecified atom stereocenters. The number of rotatable bonds is 2. The number of nitrogens with zero attached hydrogens (tertiary/aromatic N) is 3. The minimum absolute atomic E-state index is 0.0249. The summed E-state index contributed by atoms with van der Waals surface area (Å²) in [5.41, 5.74) is 1.25. The highest BCUT2D eigenvalue weighted by Crippen LogP contribution is 2.16. The summed E-state index contributed by atoms with van der Waals surface area (Å²) in [5.74, 6) is -0.322. The van der Waals surface area contributed by atoms with Crippen LogP contribution in [0.2, 0.25) is 0 Å². The highest BCUT2D eigenvalue weighted by Gasteiger charge is 2.24. The zero-order valence-electron chi connectivity index (χ0n) is 9.71. The normalized spacial score (nSPS) is 14.4. The molecular weight excluding hydrogens is 233 g/mol. The van der Waals surface area contributed by atoms with Crippen molar-refractivity contribution in [1.29, 1.82) is 0 Å². The molecule has 5 heteroatoms. The SMILES string of the molecule is O=C(c1cncn1-c1ccc(F)cc1)N1CCC1. The second-order valence-electron chi connectivity index (χ2n) is 4.27. The molecule has 0 aliphatic carbocycles.